The van der Waals surface area contributed by atoms with Crippen LogP contribution in [0.15, 0.2) is 36.4 Å². The maximum atomic E-state index is 10.2. The van der Waals surface area contributed by atoms with Crippen LogP contribution in [0.1, 0.15) is 28.4 Å². The summed E-state index contributed by atoms with van der Waals surface area (Å²) < 4.78 is 0. The fourth-order valence-electron chi connectivity index (χ4n) is 2.20. The largest absolute Gasteiger partial charge is 0.399 e. The van der Waals surface area contributed by atoms with Crippen molar-refractivity contribution < 1.29 is 5.11 Å². The number of aliphatic hydroxyl groups is 1. The number of hydrogen-bond donors (Lipinski definition) is 3. The second kappa shape index (κ2) is 5.97. The van der Waals surface area contributed by atoms with Crippen LogP contribution in [0.2, 0.25) is 0 Å². The molecule has 0 aliphatic carbocycles. The number of aliphatic hydroxyl groups excluding tert-OH is 1. The molecule has 2 aromatic carbocycles. The first-order valence-corrected chi connectivity index (χ1v) is 6.82. The first-order valence-electron chi connectivity index (χ1n) is 6.82. The average molecular weight is 270 g/mol. The van der Waals surface area contributed by atoms with Crippen LogP contribution in [-0.2, 0) is 0 Å². The Morgan fingerprint density at radius 3 is 2.45 bits per heavy atom. The molecule has 2 rings (SSSR count). The van der Waals surface area contributed by atoms with E-state index in [9.17, 15) is 5.11 Å². The van der Waals surface area contributed by atoms with E-state index in [0.29, 0.717) is 12.2 Å². The number of nitrogen functional groups attached to an aromatic ring is 1. The Morgan fingerprint density at radius 1 is 1.05 bits per heavy atom. The fraction of sp³-hybridized carbons (Fsp3) is 0.294. The minimum atomic E-state index is -0.571. The van der Waals surface area contributed by atoms with Crippen LogP contribution in [0, 0.1) is 20.8 Å². The van der Waals surface area contributed by atoms with Gasteiger partial charge in [-0.3, -0.25) is 0 Å². The first-order chi connectivity index (χ1) is 9.47. The summed E-state index contributed by atoms with van der Waals surface area (Å²) in [6.07, 6.45) is -0.571. The van der Waals surface area contributed by atoms with Crippen molar-refractivity contribution in [2.75, 3.05) is 17.6 Å². The van der Waals surface area contributed by atoms with Gasteiger partial charge in [0.1, 0.15) is 0 Å². The van der Waals surface area contributed by atoms with E-state index in [2.05, 4.69) is 31.3 Å². The molecule has 1 unspecified atom stereocenters. The summed E-state index contributed by atoms with van der Waals surface area (Å²) in [7, 11) is 0. The minimum absolute atomic E-state index is 0.465. The molecule has 3 heteroatoms. The topological polar surface area (TPSA) is 58.3 Å². The molecule has 0 radical (unpaired) electrons. The highest BCUT2D eigenvalue weighted by atomic mass is 16.3. The van der Waals surface area contributed by atoms with Crippen molar-refractivity contribution in [3.05, 3.63) is 58.7 Å². The maximum absolute atomic E-state index is 10.2. The predicted molar refractivity (Wildman–Crippen MR) is 85.0 cm³/mol. The van der Waals surface area contributed by atoms with Crippen LogP contribution < -0.4 is 11.1 Å². The van der Waals surface area contributed by atoms with Crippen molar-refractivity contribution in [3.8, 4) is 0 Å². The Hall–Kier alpha value is -2.00. The number of nitrogens with one attached hydrogen (secondary N) is 1. The van der Waals surface area contributed by atoms with Crippen LogP contribution in [0.4, 0.5) is 11.4 Å². The SMILES string of the molecule is Cc1ccc(NCC(O)c2ccc(C)c(N)c2)c(C)c1. The molecule has 106 valence electrons. The number of benzene rings is 2. The third-order valence-electron chi connectivity index (χ3n) is 3.56. The zero-order valence-corrected chi connectivity index (χ0v) is 12.3. The molecule has 0 amide bonds. The zero-order chi connectivity index (χ0) is 14.7. The summed E-state index contributed by atoms with van der Waals surface area (Å²) in [5.74, 6) is 0. The van der Waals surface area contributed by atoms with Crippen molar-refractivity contribution in [3.63, 3.8) is 0 Å². The first kappa shape index (κ1) is 14.4. The fourth-order valence-corrected chi connectivity index (χ4v) is 2.20. The monoisotopic (exact) mass is 270 g/mol. The molecule has 0 spiro atoms. The van der Waals surface area contributed by atoms with Crippen LogP contribution in [0.25, 0.3) is 0 Å². The van der Waals surface area contributed by atoms with Gasteiger partial charge in [0.05, 0.1) is 6.10 Å². The van der Waals surface area contributed by atoms with Crippen LogP contribution in [0.3, 0.4) is 0 Å². The molecule has 0 aromatic heterocycles. The van der Waals surface area contributed by atoms with Crippen molar-refractivity contribution in [1.29, 1.82) is 0 Å². The van der Waals surface area contributed by atoms with Crippen LogP contribution in [-0.4, -0.2) is 11.7 Å². The van der Waals surface area contributed by atoms with Crippen molar-refractivity contribution in [2.45, 2.75) is 26.9 Å². The van der Waals surface area contributed by atoms with E-state index >= 15 is 0 Å². The highest BCUT2D eigenvalue weighted by molar-refractivity contribution is 5.53. The summed E-state index contributed by atoms with van der Waals surface area (Å²) in [5.41, 5.74) is 11.9. The molecule has 0 aliphatic heterocycles. The van der Waals surface area contributed by atoms with Crippen molar-refractivity contribution in [1.82, 2.24) is 0 Å². The minimum Gasteiger partial charge on any atom is -0.399 e. The molecule has 0 aliphatic rings. The Bertz CT molecular complexity index is 608. The lowest BCUT2D eigenvalue weighted by molar-refractivity contribution is 0.191. The number of anilines is 2. The van der Waals surface area contributed by atoms with E-state index in [4.69, 9.17) is 5.73 Å². The van der Waals surface area contributed by atoms with Crippen LogP contribution >= 0.6 is 0 Å². The van der Waals surface area contributed by atoms with Gasteiger partial charge in [-0.15, -0.1) is 0 Å². The summed E-state index contributed by atoms with van der Waals surface area (Å²) in [6, 6.07) is 11.9. The number of rotatable bonds is 4. The summed E-state index contributed by atoms with van der Waals surface area (Å²) in [6.45, 7) is 6.55. The number of hydrogen-bond acceptors (Lipinski definition) is 3. The van der Waals surface area contributed by atoms with E-state index in [0.717, 1.165) is 16.8 Å². The molecular formula is C17H22N2O. The van der Waals surface area contributed by atoms with Crippen molar-refractivity contribution >= 4 is 11.4 Å². The highest BCUT2D eigenvalue weighted by Gasteiger charge is 2.09. The van der Waals surface area contributed by atoms with Gasteiger partial charge in [0, 0.05) is 17.9 Å². The van der Waals surface area contributed by atoms with Gasteiger partial charge in [0.2, 0.25) is 0 Å². The molecular weight excluding hydrogens is 248 g/mol. The van der Waals surface area contributed by atoms with Gasteiger partial charge >= 0.3 is 0 Å². The van der Waals surface area contributed by atoms with Crippen LogP contribution in [0.5, 0.6) is 0 Å². The Kier molecular flexibility index (Phi) is 4.30. The lowest BCUT2D eigenvalue weighted by Crippen LogP contribution is -2.13. The van der Waals surface area contributed by atoms with Gasteiger partial charge in [0.15, 0.2) is 0 Å². The quantitative estimate of drug-likeness (QED) is 0.747. The van der Waals surface area contributed by atoms with Gasteiger partial charge < -0.3 is 16.2 Å². The molecule has 0 bridgehead atoms. The Labute approximate surface area is 120 Å². The van der Waals surface area contributed by atoms with E-state index < -0.39 is 6.10 Å². The van der Waals surface area contributed by atoms with Gasteiger partial charge in [-0.05, 0) is 49.6 Å². The van der Waals surface area contributed by atoms with E-state index in [1.54, 1.807) is 0 Å². The van der Waals surface area contributed by atoms with E-state index in [-0.39, 0.29) is 0 Å². The summed E-state index contributed by atoms with van der Waals surface area (Å²) >= 11 is 0. The highest BCUT2D eigenvalue weighted by Crippen LogP contribution is 2.21. The number of aryl methyl sites for hydroxylation is 3. The third-order valence-corrected chi connectivity index (χ3v) is 3.56. The third kappa shape index (κ3) is 3.31. The van der Waals surface area contributed by atoms with E-state index in [1.165, 1.54) is 11.1 Å². The van der Waals surface area contributed by atoms with Gasteiger partial charge in [0.25, 0.3) is 0 Å². The standard InChI is InChI=1S/C17H22N2O/c1-11-4-7-16(13(3)8-11)19-10-17(20)14-6-5-12(2)15(18)9-14/h4-9,17,19-20H,10,18H2,1-3H3. The summed E-state index contributed by atoms with van der Waals surface area (Å²) in [4.78, 5) is 0. The maximum Gasteiger partial charge on any atom is 0.0963 e. The van der Waals surface area contributed by atoms with Gasteiger partial charge in [-0.25, -0.2) is 0 Å². The smallest absolute Gasteiger partial charge is 0.0963 e. The second-order valence-electron chi connectivity index (χ2n) is 5.33. The van der Waals surface area contributed by atoms with Gasteiger partial charge in [-0.1, -0.05) is 29.8 Å². The molecule has 0 saturated heterocycles. The molecule has 2 aromatic rings. The van der Waals surface area contributed by atoms with E-state index in [1.807, 2.05) is 31.2 Å². The summed E-state index contributed by atoms with van der Waals surface area (Å²) in [5, 5.41) is 13.5. The van der Waals surface area contributed by atoms with Crippen molar-refractivity contribution in [2.24, 2.45) is 0 Å². The molecule has 4 N–H and O–H groups in total. The Morgan fingerprint density at radius 2 is 1.80 bits per heavy atom. The Balaban J connectivity index is 2.04. The second-order valence-corrected chi connectivity index (χ2v) is 5.33. The molecule has 1 atom stereocenters. The molecule has 0 fully saturated rings. The lowest BCUT2D eigenvalue weighted by Gasteiger charge is -2.16. The predicted octanol–water partition coefficient (Wildman–Crippen LogP) is 3.34. The average Bonchev–Trinajstić information content (AvgIpc) is 2.40. The zero-order valence-electron chi connectivity index (χ0n) is 12.3. The molecule has 20 heavy (non-hydrogen) atoms. The molecule has 0 heterocycles. The molecule has 0 saturated carbocycles. The lowest BCUT2D eigenvalue weighted by atomic mass is 10.1. The normalized spacial score (nSPS) is 12.2. The molecule has 3 nitrogen and oxygen atoms in total. The van der Waals surface area contributed by atoms with Gasteiger partial charge in [-0.2, -0.15) is 0 Å². The number of nitrogens with two attached hydrogens (primary N) is 1.